The Morgan fingerprint density at radius 3 is 2.50 bits per heavy atom. The van der Waals surface area contributed by atoms with Gasteiger partial charge in [0.25, 0.3) is 0 Å². The fourth-order valence-electron chi connectivity index (χ4n) is 3.77. The maximum absolute atomic E-state index is 14.0. The number of urea groups is 1. The van der Waals surface area contributed by atoms with Crippen LogP contribution in [0.2, 0.25) is 0 Å². The monoisotopic (exact) mass is 352 g/mol. The first-order valence-electron chi connectivity index (χ1n) is 9.43. The van der Waals surface area contributed by atoms with Crippen molar-refractivity contribution in [2.24, 2.45) is 0 Å². The quantitative estimate of drug-likeness (QED) is 0.813. The smallest absolute Gasteiger partial charge is 0.317 e. The normalized spacial score (nSPS) is 17.6. The van der Waals surface area contributed by atoms with Gasteiger partial charge in [-0.3, -0.25) is 0 Å². The Bertz CT molecular complexity index is 811. The maximum atomic E-state index is 14.0. The lowest BCUT2D eigenvalue weighted by atomic mass is 9.92. The summed E-state index contributed by atoms with van der Waals surface area (Å²) in [4.78, 5) is 14.6. The van der Waals surface area contributed by atoms with Gasteiger partial charge in [0, 0.05) is 23.6 Å². The van der Waals surface area contributed by atoms with Crippen molar-refractivity contribution < 1.29 is 9.18 Å². The molecule has 0 aromatic heterocycles. The molecule has 0 saturated heterocycles. The molecule has 2 aromatic rings. The topological polar surface area (TPSA) is 32.3 Å². The average molecular weight is 352 g/mol. The Morgan fingerprint density at radius 2 is 1.85 bits per heavy atom. The minimum atomic E-state index is -0.246. The molecular formula is C22H25FN2O. The second-order valence-corrected chi connectivity index (χ2v) is 7.70. The molecule has 2 saturated carbocycles. The van der Waals surface area contributed by atoms with Gasteiger partial charge in [0.1, 0.15) is 5.82 Å². The third-order valence-corrected chi connectivity index (χ3v) is 5.70. The molecule has 0 unspecified atom stereocenters. The number of nitrogens with one attached hydrogen (secondary N) is 1. The van der Waals surface area contributed by atoms with E-state index in [4.69, 9.17) is 0 Å². The second kappa shape index (κ2) is 6.75. The van der Waals surface area contributed by atoms with Crippen LogP contribution in [0.25, 0.3) is 0 Å². The van der Waals surface area contributed by atoms with Crippen molar-refractivity contribution in [3.05, 3.63) is 71.0 Å². The Labute approximate surface area is 154 Å². The van der Waals surface area contributed by atoms with Gasteiger partial charge in [-0.2, -0.15) is 0 Å². The third-order valence-electron chi connectivity index (χ3n) is 5.70. The molecule has 2 amide bonds. The minimum absolute atomic E-state index is 0.0735. The molecule has 0 radical (unpaired) electrons. The van der Waals surface area contributed by atoms with E-state index in [9.17, 15) is 9.18 Å². The number of nitrogens with zero attached hydrogens (tertiary/aromatic N) is 1. The van der Waals surface area contributed by atoms with Crippen LogP contribution in [-0.4, -0.2) is 23.5 Å². The van der Waals surface area contributed by atoms with E-state index in [1.807, 2.05) is 6.07 Å². The molecule has 2 aliphatic carbocycles. The highest BCUT2D eigenvalue weighted by Gasteiger charge is 2.45. The van der Waals surface area contributed by atoms with Crippen LogP contribution < -0.4 is 5.32 Å². The summed E-state index contributed by atoms with van der Waals surface area (Å²) in [5, 5.41) is 3.14. The zero-order valence-electron chi connectivity index (χ0n) is 15.2. The van der Waals surface area contributed by atoms with Crippen LogP contribution in [0.3, 0.4) is 0 Å². The number of rotatable bonds is 6. The summed E-state index contributed by atoms with van der Waals surface area (Å²) in [5.41, 5.74) is 3.28. The molecular weight excluding hydrogens is 327 g/mol. The molecule has 136 valence electrons. The van der Waals surface area contributed by atoms with Crippen LogP contribution in [0.4, 0.5) is 9.18 Å². The van der Waals surface area contributed by atoms with Gasteiger partial charge in [0.05, 0.1) is 6.54 Å². The summed E-state index contributed by atoms with van der Waals surface area (Å²) in [6.45, 7) is 3.11. The van der Waals surface area contributed by atoms with Crippen LogP contribution in [0, 0.1) is 12.7 Å². The van der Waals surface area contributed by atoms with Crippen molar-refractivity contribution in [1.29, 1.82) is 0 Å². The minimum Gasteiger partial charge on any atom is -0.337 e. The highest BCUT2D eigenvalue weighted by Crippen LogP contribution is 2.48. The highest BCUT2D eigenvalue weighted by atomic mass is 19.1. The zero-order chi connectivity index (χ0) is 18.1. The van der Waals surface area contributed by atoms with Gasteiger partial charge in [0.2, 0.25) is 0 Å². The van der Waals surface area contributed by atoms with Crippen LogP contribution in [0.5, 0.6) is 0 Å². The van der Waals surface area contributed by atoms with Gasteiger partial charge < -0.3 is 10.2 Å². The van der Waals surface area contributed by atoms with E-state index in [2.05, 4.69) is 36.5 Å². The average Bonchev–Trinajstić information content (AvgIpc) is 3.54. The molecule has 2 aliphatic rings. The Balaban J connectivity index is 1.43. The number of aryl methyl sites for hydroxylation is 1. The largest absolute Gasteiger partial charge is 0.337 e. The fraction of sp³-hybridized carbons (Fsp3) is 0.409. The summed E-state index contributed by atoms with van der Waals surface area (Å²) in [7, 11) is 0. The molecule has 4 rings (SSSR count). The van der Waals surface area contributed by atoms with Crippen LogP contribution in [-0.2, 0) is 12.0 Å². The Hall–Kier alpha value is -2.36. The van der Waals surface area contributed by atoms with Gasteiger partial charge in [-0.05, 0) is 49.8 Å². The molecule has 0 bridgehead atoms. The first-order valence-corrected chi connectivity index (χ1v) is 9.43. The zero-order valence-corrected chi connectivity index (χ0v) is 15.2. The van der Waals surface area contributed by atoms with E-state index in [0.29, 0.717) is 18.7 Å². The fourth-order valence-corrected chi connectivity index (χ4v) is 3.77. The van der Waals surface area contributed by atoms with Crippen molar-refractivity contribution in [2.75, 3.05) is 6.54 Å². The first-order chi connectivity index (χ1) is 12.6. The summed E-state index contributed by atoms with van der Waals surface area (Å²) < 4.78 is 14.0. The third kappa shape index (κ3) is 3.46. The van der Waals surface area contributed by atoms with Gasteiger partial charge >= 0.3 is 6.03 Å². The number of hydrogen-bond donors (Lipinski definition) is 1. The van der Waals surface area contributed by atoms with Gasteiger partial charge in [-0.25, -0.2) is 9.18 Å². The first kappa shape index (κ1) is 17.1. The SMILES string of the molecule is Cc1ccccc1C1(CNC(=O)N(Cc2ccccc2F)C2CC2)CC1. The lowest BCUT2D eigenvalue weighted by Crippen LogP contribution is -2.44. The molecule has 0 aliphatic heterocycles. The standard InChI is InChI=1S/C22H25FN2O/c1-16-6-2-4-8-19(16)22(12-13-22)15-24-21(26)25(18-10-11-18)14-17-7-3-5-9-20(17)23/h2-9,18H,10-15H2,1H3,(H,24,26). The van der Waals surface area contributed by atoms with Gasteiger partial charge in [0.15, 0.2) is 0 Å². The van der Waals surface area contributed by atoms with Crippen molar-refractivity contribution in [2.45, 2.75) is 50.6 Å². The van der Waals surface area contributed by atoms with Crippen molar-refractivity contribution >= 4 is 6.03 Å². The van der Waals surface area contributed by atoms with E-state index in [1.165, 1.54) is 17.2 Å². The van der Waals surface area contributed by atoms with E-state index in [1.54, 1.807) is 17.0 Å². The number of carbonyl (C=O) groups is 1. The van der Waals surface area contributed by atoms with Gasteiger partial charge in [-0.1, -0.05) is 42.5 Å². The van der Waals surface area contributed by atoms with Crippen molar-refractivity contribution in [1.82, 2.24) is 10.2 Å². The molecule has 26 heavy (non-hydrogen) atoms. The predicted octanol–water partition coefficient (Wildman–Crippen LogP) is 4.54. The molecule has 0 spiro atoms. The number of amides is 2. The predicted molar refractivity (Wildman–Crippen MR) is 100 cm³/mol. The molecule has 2 aromatic carbocycles. The lowest BCUT2D eigenvalue weighted by Gasteiger charge is -2.25. The maximum Gasteiger partial charge on any atom is 0.317 e. The molecule has 0 heterocycles. The summed E-state index contributed by atoms with van der Waals surface area (Å²) in [5.74, 6) is -0.246. The molecule has 4 heteroatoms. The van der Waals surface area contributed by atoms with Gasteiger partial charge in [-0.15, -0.1) is 0 Å². The summed E-state index contributed by atoms with van der Waals surface area (Å²) in [6.07, 6.45) is 4.22. The number of halogens is 1. The van der Waals surface area contributed by atoms with E-state index >= 15 is 0 Å². The van der Waals surface area contributed by atoms with Crippen molar-refractivity contribution in [3.63, 3.8) is 0 Å². The van der Waals surface area contributed by atoms with Crippen LogP contribution in [0.15, 0.2) is 48.5 Å². The van der Waals surface area contributed by atoms with Crippen molar-refractivity contribution in [3.8, 4) is 0 Å². The van der Waals surface area contributed by atoms with Crippen LogP contribution in [0.1, 0.15) is 42.4 Å². The Morgan fingerprint density at radius 1 is 1.15 bits per heavy atom. The van der Waals surface area contributed by atoms with Crippen LogP contribution >= 0.6 is 0 Å². The molecule has 1 N–H and O–H groups in total. The molecule has 2 fully saturated rings. The summed E-state index contributed by atoms with van der Waals surface area (Å²) in [6, 6.07) is 15.3. The number of hydrogen-bond acceptors (Lipinski definition) is 1. The molecule has 3 nitrogen and oxygen atoms in total. The number of benzene rings is 2. The van der Waals surface area contributed by atoms with E-state index < -0.39 is 0 Å². The van der Waals surface area contributed by atoms with E-state index in [0.717, 1.165) is 25.7 Å². The Kier molecular flexibility index (Phi) is 4.43. The number of carbonyl (C=O) groups excluding carboxylic acids is 1. The summed E-state index contributed by atoms with van der Waals surface area (Å²) >= 11 is 0. The molecule has 0 atom stereocenters. The lowest BCUT2D eigenvalue weighted by molar-refractivity contribution is 0.190. The second-order valence-electron chi connectivity index (χ2n) is 7.70. The highest BCUT2D eigenvalue weighted by molar-refractivity contribution is 5.75. The van der Waals surface area contributed by atoms with E-state index in [-0.39, 0.29) is 23.3 Å².